The molecule has 0 atom stereocenters. The highest BCUT2D eigenvalue weighted by molar-refractivity contribution is 7.99. The number of nitrogens with one attached hydrogen (secondary N) is 1. The minimum atomic E-state index is -0.350. The number of aromatic nitrogens is 2. The molecule has 3 rings (SSSR count). The number of nitrogens with zero attached hydrogens (tertiary/aromatic N) is 3. The second-order valence-electron chi connectivity index (χ2n) is 5.99. The molecule has 0 bridgehead atoms. The quantitative estimate of drug-likeness (QED) is 0.252. The van der Waals surface area contributed by atoms with Gasteiger partial charge in [-0.05, 0) is 30.3 Å². The molecule has 1 aromatic heterocycles. The maximum Gasteiger partial charge on any atom is 0.277 e. The number of hydrazone groups is 1. The number of halogens is 2. The number of hydrogen-bond acceptors (Lipinski definition) is 9. The Balaban J connectivity index is 1.46. The summed E-state index contributed by atoms with van der Waals surface area (Å²) in [6.07, 6.45) is 1.47. The molecule has 32 heavy (non-hydrogen) atoms. The lowest BCUT2D eigenvalue weighted by Gasteiger charge is -2.09. The van der Waals surface area contributed by atoms with Crippen molar-refractivity contribution in [2.45, 2.75) is 11.8 Å². The molecule has 168 valence electrons. The first-order valence-corrected chi connectivity index (χ1v) is 10.8. The van der Waals surface area contributed by atoms with Crippen LogP contribution < -0.4 is 19.6 Å². The summed E-state index contributed by atoms with van der Waals surface area (Å²) >= 11 is 13.0. The van der Waals surface area contributed by atoms with Gasteiger partial charge >= 0.3 is 0 Å². The first-order chi connectivity index (χ1) is 15.5. The van der Waals surface area contributed by atoms with Crippen molar-refractivity contribution in [1.29, 1.82) is 0 Å². The maximum absolute atomic E-state index is 12.0. The zero-order valence-corrected chi connectivity index (χ0v) is 19.3. The van der Waals surface area contributed by atoms with Crippen molar-refractivity contribution in [3.63, 3.8) is 0 Å². The van der Waals surface area contributed by atoms with Crippen molar-refractivity contribution >= 4 is 47.1 Å². The smallest absolute Gasteiger partial charge is 0.277 e. The molecule has 3 aromatic rings. The van der Waals surface area contributed by atoms with E-state index in [0.717, 1.165) is 11.8 Å². The van der Waals surface area contributed by atoms with E-state index in [1.165, 1.54) is 13.3 Å². The molecule has 0 saturated heterocycles. The molecule has 0 fully saturated rings. The molecule has 0 aliphatic rings. The van der Waals surface area contributed by atoms with Crippen molar-refractivity contribution in [3.8, 4) is 17.2 Å². The monoisotopic (exact) mass is 496 g/mol. The minimum absolute atomic E-state index is 0.0216. The van der Waals surface area contributed by atoms with Gasteiger partial charge in [0.15, 0.2) is 18.1 Å². The zero-order chi connectivity index (χ0) is 22.9. The van der Waals surface area contributed by atoms with Gasteiger partial charge in [-0.25, -0.2) is 5.43 Å². The third-order valence-corrected chi connectivity index (χ3v) is 5.20. The van der Waals surface area contributed by atoms with Crippen LogP contribution in [0.5, 0.6) is 17.2 Å². The second kappa shape index (κ2) is 11.6. The SMILES string of the molecule is COc1cccc(/C=N\NC(=O)CSc2nnc(COc3ccc(Cl)cc3Cl)o2)c1OC. The van der Waals surface area contributed by atoms with Gasteiger partial charge in [-0.1, -0.05) is 41.0 Å². The number of carbonyl (C=O) groups is 1. The molecule has 0 aliphatic heterocycles. The summed E-state index contributed by atoms with van der Waals surface area (Å²) in [5.74, 6) is 1.43. The Hall–Kier alpha value is -2.95. The van der Waals surface area contributed by atoms with Gasteiger partial charge in [-0.2, -0.15) is 5.10 Å². The largest absolute Gasteiger partial charge is 0.493 e. The fraction of sp³-hybridized carbons (Fsp3) is 0.200. The van der Waals surface area contributed by atoms with Crippen LogP contribution in [-0.4, -0.2) is 42.3 Å². The Bertz CT molecular complexity index is 1110. The highest BCUT2D eigenvalue weighted by Crippen LogP contribution is 2.30. The third-order valence-electron chi connectivity index (χ3n) is 3.85. The van der Waals surface area contributed by atoms with E-state index in [9.17, 15) is 4.79 Å². The Labute approximate surface area is 198 Å². The van der Waals surface area contributed by atoms with Crippen molar-refractivity contribution in [1.82, 2.24) is 15.6 Å². The minimum Gasteiger partial charge on any atom is -0.493 e. The van der Waals surface area contributed by atoms with Crippen LogP contribution in [0.2, 0.25) is 10.0 Å². The summed E-state index contributed by atoms with van der Waals surface area (Å²) in [5.41, 5.74) is 3.08. The number of carbonyl (C=O) groups excluding carboxylic acids is 1. The lowest BCUT2D eigenvalue weighted by atomic mass is 10.2. The summed E-state index contributed by atoms with van der Waals surface area (Å²) in [5, 5.41) is 12.8. The molecule has 1 heterocycles. The lowest BCUT2D eigenvalue weighted by molar-refractivity contribution is -0.118. The van der Waals surface area contributed by atoms with Gasteiger partial charge in [0.05, 0.1) is 31.2 Å². The van der Waals surface area contributed by atoms with Crippen molar-refractivity contribution in [2.24, 2.45) is 5.10 Å². The van der Waals surface area contributed by atoms with Gasteiger partial charge in [0.2, 0.25) is 0 Å². The number of hydrogen-bond donors (Lipinski definition) is 1. The van der Waals surface area contributed by atoms with Crippen molar-refractivity contribution < 1.29 is 23.4 Å². The molecule has 0 unspecified atom stereocenters. The average molecular weight is 497 g/mol. The molecule has 0 saturated carbocycles. The molecule has 1 amide bonds. The van der Waals surface area contributed by atoms with E-state index in [0.29, 0.717) is 32.9 Å². The Morgan fingerprint density at radius 2 is 2.03 bits per heavy atom. The molecule has 2 aromatic carbocycles. The molecular weight excluding hydrogens is 479 g/mol. The number of para-hydroxylation sites is 1. The van der Waals surface area contributed by atoms with Gasteiger partial charge in [-0.15, -0.1) is 10.2 Å². The summed E-state index contributed by atoms with van der Waals surface area (Å²) in [7, 11) is 3.07. The van der Waals surface area contributed by atoms with E-state index in [-0.39, 0.29) is 29.4 Å². The fourth-order valence-electron chi connectivity index (χ4n) is 2.43. The average Bonchev–Trinajstić information content (AvgIpc) is 3.24. The van der Waals surface area contributed by atoms with Gasteiger partial charge < -0.3 is 18.6 Å². The van der Waals surface area contributed by atoms with Gasteiger partial charge in [0, 0.05) is 10.6 Å². The van der Waals surface area contributed by atoms with Gasteiger partial charge in [-0.3, -0.25) is 4.79 Å². The van der Waals surface area contributed by atoms with E-state index in [2.05, 4.69) is 20.7 Å². The number of ether oxygens (including phenoxy) is 3. The van der Waals surface area contributed by atoms with Crippen LogP contribution in [0.3, 0.4) is 0 Å². The number of methoxy groups -OCH3 is 2. The second-order valence-corrected chi connectivity index (χ2v) is 7.76. The molecule has 0 spiro atoms. The highest BCUT2D eigenvalue weighted by atomic mass is 35.5. The summed E-state index contributed by atoms with van der Waals surface area (Å²) in [6.45, 7) is 0.0216. The predicted molar refractivity (Wildman–Crippen MR) is 121 cm³/mol. The fourth-order valence-corrected chi connectivity index (χ4v) is 3.47. The van der Waals surface area contributed by atoms with E-state index in [1.807, 2.05) is 0 Å². The van der Waals surface area contributed by atoms with E-state index < -0.39 is 0 Å². The highest BCUT2D eigenvalue weighted by Gasteiger charge is 2.12. The van der Waals surface area contributed by atoms with Crippen molar-refractivity contribution in [2.75, 3.05) is 20.0 Å². The molecule has 9 nitrogen and oxygen atoms in total. The van der Waals surface area contributed by atoms with Crippen LogP contribution in [0.1, 0.15) is 11.5 Å². The topological polar surface area (TPSA) is 108 Å². The summed E-state index contributed by atoms with van der Waals surface area (Å²) in [4.78, 5) is 12.0. The van der Waals surface area contributed by atoms with E-state index in [1.54, 1.807) is 43.5 Å². The van der Waals surface area contributed by atoms with E-state index >= 15 is 0 Å². The van der Waals surface area contributed by atoms with Crippen molar-refractivity contribution in [3.05, 3.63) is 57.9 Å². The Kier molecular flexibility index (Phi) is 8.60. The number of benzene rings is 2. The molecule has 0 radical (unpaired) electrons. The Morgan fingerprint density at radius 1 is 1.19 bits per heavy atom. The summed E-state index contributed by atoms with van der Waals surface area (Å²) < 4.78 is 21.5. The lowest BCUT2D eigenvalue weighted by Crippen LogP contribution is -2.19. The molecule has 1 N–H and O–H groups in total. The van der Waals surface area contributed by atoms with Gasteiger partial charge in [0.1, 0.15) is 5.75 Å². The zero-order valence-electron chi connectivity index (χ0n) is 17.0. The number of amides is 1. The maximum atomic E-state index is 12.0. The Morgan fingerprint density at radius 3 is 2.78 bits per heavy atom. The van der Waals surface area contributed by atoms with Crippen LogP contribution in [0.25, 0.3) is 0 Å². The summed E-state index contributed by atoms with van der Waals surface area (Å²) in [6, 6.07) is 10.2. The predicted octanol–water partition coefficient (Wildman–Crippen LogP) is 4.22. The molecule has 0 aliphatic carbocycles. The first-order valence-electron chi connectivity index (χ1n) is 9.06. The van der Waals surface area contributed by atoms with E-state index in [4.69, 9.17) is 41.8 Å². The van der Waals surface area contributed by atoms with Crippen LogP contribution in [-0.2, 0) is 11.4 Å². The first kappa shape index (κ1) is 23.7. The number of thioether (sulfide) groups is 1. The third kappa shape index (κ3) is 6.52. The van der Waals surface area contributed by atoms with Crippen LogP contribution in [0.4, 0.5) is 0 Å². The molecule has 12 heteroatoms. The standard InChI is InChI=1S/C20H18Cl2N4O5S/c1-28-16-5-3-4-12(19(16)29-2)9-23-24-17(27)11-32-20-26-25-18(31-20)10-30-15-7-6-13(21)8-14(15)22/h3-9H,10-11H2,1-2H3,(H,24,27)/b23-9-. The van der Waals surface area contributed by atoms with Gasteiger partial charge in [0.25, 0.3) is 17.0 Å². The molecular formula is C20H18Cl2N4O5S. The normalized spacial score (nSPS) is 10.9. The van der Waals surface area contributed by atoms with Crippen LogP contribution in [0.15, 0.2) is 51.1 Å². The van der Waals surface area contributed by atoms with Crippen LogP contribution >= 0.6 is 35.0 Å². The van der Waals surface area contributed by atoms with Crippen LogP contribution in [0, 0.1) is 0 Å². The number of rotatable bonds is 10.